The summed E-state index contributed by atoms with van der Waals surface area (Å²) in [6.07, 6.45) is 1.51. The number of nitrogens with zero attached hydrogens (tertiary/aromatic N) is 1. The van der Waals surface area contributed by atoms with Gasteiger partial charge in [-0.2, -0.15) is 11.8 Å². The van der Waals surface area contributed by atoms with Gasteiger partial charge >= 0.3 is 0 Å². The minimum Gasteiger partial charge on any atom is -0.385 e. The van der Waals surface area contributed by atoms with Crippen molar-refractivity contribution in [3.63, 3.8) is 0 Å². The number of thioether (sulfide) groups is 1. The van der Waals surface area contributed by atoms with Gasteiger partial charge in [0.2, 0.25) is 5.91 Å². The molecule has 1 fully saturated rings. The average Bonchev–Trinajstić information content (AvgIpc) is 2.40. The van der Waals surface area contributed by atoms with E-state index >= 15 is 0 Å². The fraction of sp³-hybridized carbons (Fsp3) is 0.917. The van der Waals surface area contributed by atoms with Crippen molar-refractivity contribution in [3.05, 3.63) is 0 Å². The van der Waals surface area contributed by atoms with Gasteiger partial charge in [-0.15, -0.1) is 0 Å². The summed E-state index contributed by atoms with van der Waals surface area (Å²) in [6.45, 7) is 4.53. The minimum absolute atomic E-state index is 0.0440. The Bertz CT molecular complexity index is 235. The lowest BCUT2D eigenvalue weighted by atomic mass is 10.1. The van der Waals surface area contributed by atoms with Crippen LogP contribution in [0.4, 0.5) is 0 Å². The predicted molar refractivity (Wildman–Crippen MR) is 75.9 cm³/mol. The zero-order valence-corrected chi connectivity index (χ0v) is 12.0. The first-order chi connectivity index (χ1) is 8.74. The number of methoxy groups -OCH3 is 1. The fourth-order valence-electron chi connectivity index (χ4n) is 1.87. The number of amides is 1. The lowest BCUT2D eigenvalue weighted by Gasteiger charge is -2.26. The van der Waals surface area contributed by atoms with Crippen LogP contribution < -0.4 is 11.1 Å². The molecular weight excluding hydrogens is 250 g/mol. The summed E-state index contributed by atoms with van der Waals surface area (Å²) in [6, 6.07) is -0.405. The van der Waals surface area contributed by atoms with E-state index in [1.807, 2.05) is 11.8 Å². The smallest absolute Gasteiger partial charge is 0.236 e. The van der Waals surface area contributed by atoms with Crippen LogP contribution in [0.3, 0.4) is 0 Å². The Morgan fingerprint density at radius 3 is 2.89 bits per heavy atom. The minimum atomic E-state index is -0.405. The zero-order chi connectivity index (χ0) is 13.2. The molecular formula is C12H25N3O2S. The summed E-state index contributed by atoms with van der Waals surface area (Å²) < 4.78 is 4.94. The standard InChI is InChI=1S/C12H25N3O2S/c1-17-8-2-3-11(13)12(16)14-4-5-15-6-9-18-10-7-15/h11H,2-10,13H2,1H3,(H,14,16). The first kappa shape index (κ1) is 15.8. The summed E-state index contributed by atoms with van der Waals surface area (Å²) in [7, 11) is 1.66. The third-order valence-corrected chi connectivity index (χ3v) is 3.97. The summed E-state index contributed by atoms with van der Waals surface area (Å²) in [5.74, 6) is 2.35. The molecule has 1 rings (SSSR count). The van der Waals surface area contributed by atoms with Crippen LogP contribution in [0, 0.1) is 0 Å². The lowest BCUT2D eigenvalue weighted by Crippen LogP contribution is -2.44. The van der Waals surface area contributed by atoms with E-state index in [2.05, 4.69) is 10.2 Å². The summed E-state index contributed by atoms with van der Waals surface area (Å²) in [5, 5.41) is 2.90. The van der Waals surface area contributed by atoms with Gasteiger partial charge in [0.25, 0.3) is 0 Å². The molecule has 6 heteroatoms. The van der Waals surface area contributed by atoms with Crippen molar-refractivity contribution < 1.29 is 9.53 Å². The van der Waals surface area contributed by atoms with Crippen molar-refractivity contribution in [3.8, 4) is 0 Å². The molecule has 1 heterocycles. The van der Waals surface area contributed by atoms with Gasteiger partial charge in [-0.05, 0) is 12.8 Å². The number of hydrogen-bond donors (Lipinski definition) is 2. The molecule has 0 spiro atoms. The quantitative estimate of drug-likeness (QED) is 0.606. The van der Waals surface area contributed by atoms with Gasteiger partial charge in [0.15, 0.2) is 0 Å². The van der Waals surface area contributed by atoms with E-state index in [9.17, 15) is 4.79 Å². The highest BCUT2D eigenvalue weighted by molar-refractivity contribution is 7.99. The second kappa shape index (κ2) is 9.61. The molecule has 1 aliphatic rings. The highest BCUT2D eigenvalue weighted by Gasteiger charge is 2.14. The van der Waals surface area contributed by atoms with Gasteiger partial charge in [-0.25, -0.2) is 0 Å². The van der Waals surface area contributed by atoms with E-state index in [-0.39, 0.29) is 5.91 Å². The molecule has 106 valence electrons. The average molecular weight is 275 g/mol. The van der Waals surface area contributed by atoms with Crippen LogP contribution in [0.25, 0.3) is 0 Å². The van der Waals surface area contributed by atoms with E-state index in [1.165, 1.54) is 11.5 Å². The van der Waals surface area contributed by atoms with Crippen molar-refractivity contribution in [1.29, 1.82) is 0 Å². The highest BCUT2D eigenvalue weighted by atomic mass is 32.2. The topological polar surface area (TPSA) is 67.6 Å². The Morgan fingerprint density at radius 1 is 1.50 bits per heavy atom. The molecule has 1 saturated heterocycles. The number of carbonyl (C=O) groups is 1. The molecule has 1 aliphatic heterocycles. The fourth-order valence-corrected chi connectivity index (χ4v) is 2.85. The number of ether oxygens (including phenoxy) is 1. The summed E-state index contributed by atoms with van der Waals surface area (Å²) in [4.78, 5) is 14.1. The molecule has 0 aromatic carbocycles. The highest BCUT2D eigenvalue weighted by Crippen LogP contribution is 2.07. The molecule has 18 heavy (non-hydrogen) atoms. The van der Waals surface area contributed by atoms with Crippen LogP contribution in [0.1, 0.15) is 12.8 Å². The largest absolute Gasteiger partial charge is 0.385 e. The van der Waals surface area contributed by atoms with E-state index in [4.69, 9.17) is 10.5 Å². The van der Waals surface area contributed by atoms with Gasteiger partial charge < -0.3 is 15.8 Å². The molecule has 5 nitrogen and oxygen atoms in total. The van der Waals surface area contributed by atoms with Crippen LogP contribution in [0.15, 0.2) is 0 Å². The third kappa shape index (κ3) is 6.58. The van der Waals surface area contributed by atoms with Crippen LogP contribution in [0.5, 0.6) is 0 Å². The maximum atomic E-state index is 11.7. The number of nitrogens with one attached hydrogen (secondary N) is 1. The predicted octanol–water partition coefficient (Wildman–Crippen LogP) is -0.0947. The van der Waals surface area contributed by atoms with Gasteiger partial charge in [-0.3, -0.25) is 9.69 Å². The Morgan fingerprint density at radius 2 is 2.22 bits per heavy atom. The molecule has 1 atom stereocenters. The van der Waals surface area contributed by atoms with Gasteiger partial charge in [0, 0.05) is 51.4 Å². The number of nitrogens with two attached hydrogens (primary N) is 1. The van der Waals surface area contributed by atoms with Crippen molar-refractivity contribution in [2.24, 2.45) is 5.73 Å². The van der Waals surface area contributed by atoms with Crippen LogP contribution >= 0.6 is 11.8 Å². The number of hydrogen-bond acceptors (Lipinski definition) is 5. The van der Waals surface area contributed by atoms with Gasteiger partial charge in [0.05, 0.1) is 6.04 Å². The Labute approximate surface area is 114 Å². The van der Waals surface area contributed by atoms with Crippen LogP contribution in [-0.2, 0) is 9.53 Å². The van der Waals surface area contributed by atoms with Gasteiger partial charge in [0.1, 0.15) is 0 Å². The Kier molecular flexibility index (Phi) is 8.41. The maximum absolute atomic E-state index is 11.7. The first-order valence-electron chi connectivity index (χ1n) is 6.56. The van der Waals surface area contributed by atoms with Crippen molar-refractivity contribution in [1.82, 2.24) is 10.2 Å². The van der Waals surface area contributed by atoms with E-state index in [0.29, 0.717) is 19.6 Å². The molecule has 3 N–H and O–H groups in total. The number of carbonyl (C=O) groups excluding carboxylic acids is 1. The van der Waals surface area contributed by atoms with Crippen molar-refractivity contribution in [2.75, 3.05) is 51.4 Å². The van der Waals surface area contributed by atoms with Crippen molar-refractivity contribution in [2.45, 2.75) is 18.9 Å². The monoisotopic (exact) mass is 275 g/mol. The molecule has 0 aromatic rings. The first-order valence-corrected chi connectivity index (χ1v) is 7.72. The molecule has 1 amide bonds. The third-order valence-electron chi connectivity index (χ3n) is 3.03. The van der Waals surface area contributed by atoms with E-state index < -0.39 is 6.04 Å². The second-order valence-corrected chi connectivity index (χ2v) is 5.71. The van der Waals surface area contributed by atoms with Crippen LogP contribution in [0.2, 0.25) is 0 Å². The van der Waals surface area contributed by atoms with E-state index in [0.717, 1.165) is 26.1 Å². The molecule has 0 bridgehead atoms. The molecule has 0 saturated carbocycles. The molecule has 1 unspecified atom stereocenters. The van der Waals surface area contributed by atoms with E-state index in [1.54, 1.807) is 7.11 Å². The number of rotatable bonds is 8. The molecule has 0 aliphatic carbocycles. The Balaban J connectivity index is 2.04. The maximum Gasteiger partial charge on any atom is 0.236 e. The normalized spacial score (nSPS) is 18.6. The zero-order valence-electron chi connectivity index (χ0n) is 11.2. The molecule has 0 aromatic heterocycles. The summed E-state index contributed by atoms with van der Waals surface area (Å²) in [5.41, 5.74) is 5.79. The lowest BCUT2D eigenvalue weighted by molar-refractivity contribution is -0.122. The molecule has 0 radical (unpaired) electrons. The Hall–Kier alpha value is -0.300. The second-order valence-electron chi connectivity index (χ2n) is 4.49. The summed E-state index contributed by atoms with van der Waals surface area (Å²) >= 11 is 1.99. The van der Waals surface area contributed by atoms with Crippen molar-refractivity contribution >= 4 is 17.7 Å². The van der Waals surface area contributed by atoms with Gasteiger partial charge in [-0.1, -0.05) is 0 Å². The van der Waals surface area contributed by atoms with Crippen LogP contribution in [-0.4, -0.2) is 68.3 Å². The SMILES string of the molecule is COCCCC(N)C(=O)NCCN1CCSCC1.